The van der Waals surface area contributed by atoms with Gasteiger partial charge >= 0.3 is 0 Å². The Bertz CT molecular complexity index is 492. The van der Waals surface area contributed by atoms with Crippen LogP contribution in [0.4, 0.5) is 0 Å². The van der Waals surface area contributed by atoms with Crippen LogP contribution in [-0.2, 0) is 0 Å². The van der Waals surface area contributed by atoms with Gasteiger partial charge in [-0.2, -0.15) is 0 Å². The van der Waals surface area contributed by atoms with Crippen molar-refractivity contribution in [3.8, 4) is 11.8 Å². The first-order valence-corrected chi connectivity index (χ1v) is 4.82. The quantitative estimate of drug-likeness (QED) is 0.529. The van der Waals surface area contributed by atoms with Crippen molar-refractivity contribution in [1.82, 2.24) is 4.98 Å². The number of hydrogen-bond donors (Lipinski definition) is 0. The predicted octanol–water partition coefficient (Wildman–Crippen LogP) is 2.81. The van der Waals surface area contributed by atoms with Gasteiger partial charge in [-0.05, 0) is 18.2 Å². The molecule has 3 heteroatoms. The van der Waals surface area contributed by atoms with Crippen molar-refractivity contribution in [3.63, 3.8) is 0 Å². The van der Waals surface area contributed by atoms with Gasteiger partial charge in [0.15, 0.2) is 12.0 Å². The standard InChI is InChI=1S/C11H8ClNO/c12-6-2-1-3-9-4-5-11-10(7-9)13-8-14-11/h4-5,7-8H,2,6H2. The summed E-state index contributed by atoms with van der Waals surface area (Å²) in [5.41, 5.74) is 2.56. The Morgan fingerprint density at radius 2 is 2.36 bits per heavy atom. The number of halogens is 1. The number of oxazole rings is 1. The first-order chi connectivity index (χ1) is 6.90. The molecule has 1 aromatic heterocycles. The number of fused-ring (bicyclic) bond motifs is 1. The maximum atomic E-state index is 5.52. The van der Waals surface area contributed by atoms with Gasteiger partial charge in [0.25, 0.3) is 0 Å². The second-order valence-corrected chi connectivity index (χ2v) is 3.15. The fourth-order valence-electron chi connectivity index (χ4n) is 1.15. The molecule has 0 amide bonds. The minimum absolute atomic E-state index is 0.569. The Morgan fingerprint density at radius 1 is 1.43 bits per heavy atom. The smallest absolute Gasteiger partial charge is 0.181 e. The van der Waals surface area contributed by atoms with E-state index in [2.05, 4.69) is 16.8 Å². The molecule has 70 valence electrons. The maximum absolute atomic E-state index is 5.52. The van der Waals surface area contributed by atoms with Crippen molar-refractivity contribution < 1.29 is 4.42 Å². The summed E-state index contributed by atoms with van der Waals surface area (Å²) in [7, 11) is 0. The van der Waals surface area contributed by atoms with E-state index in [0.717, 1.165) is 16.7 Å². The van der Waals surface area contributed by atoms with Crippen LogP contribution in [0.3, 0.4) is 0 Å². The second kappa shape index (κ2) is 4.17. The zero-order chi connectivity index (χ0) is 9.80. The van der Waals surface area contributed by atoms with Gasteiger partial charge in [-0.25, -0.2) is 4.98 Å². The fraction of sp³-hybridized carbons (Fsp3) is 0.182. The van der Waals surface area contributed by atoms with E-state index in [-0.39, 0.29) is 0 Å². The molecule has 1 heterocycles. The maximum Gasteiger partial charge on any atom is 0.181 e. The molecule has 0 aliphatic carbocycles. The summed E-state index contributed by atoms with van der Waals surface area (Å²) in [4.78, 5) is 4.05. The Hall–Kier alpha value is -1.46. The van der Waals surface area contributed by atoms with Gasteiger partial charge in [0.2, 0.25) is 0 Å². The summed E-state index contributed by atoms with van der Waals surface area (Å²) in [6.07, 6.45) is 2.14. The number of rotatable bonds is 1. The number of benzene rings is 1. The van der Waals surface area contributed by atoms with Gasteiger partial charge in [0.05, 0.1) is 0 Å². The van der Waals surface area contributed by atoms with Crippen LogP contribution in [0.15, 0.2) is 29.0 Å². The Balaban J connectivity index is 2.31. The zero-order valence-corrected chi connectivity index (χ0v) is 8.21. The van der Waals surface area contributed by atoms with Gasteiger partial charge in [0, 0.05) is 17.9 Å². The van der Waals surface area contributed by atoms with E-state index < -0.39 is 0 Å². The molecule has 0 fully saturated rings. The van der Waals surface area contributed by atoms with Crippen molar-refractivity contribution in [2.45, 2.75) is 6.42 Å². The molecule has 0 atom stereocenters. The van der Waals surface area contributed by atoms with Gasteiger partial charge in [-0.15, -0.1) is 11.6 Å². The molecule has 1 aromatic carbocycles. The van der Waals surface area contributed by atoms with Crippen molar-refractivity contribution in [3.05, 3.63) is 30.2 Å². The molecule has 0 bridgehead atoms. The molecule has 0 unspecified atom stereocenters. The van der Waals surface area contributed by atoms with Crippen molar-refractivity contribution >= 4 is 22.7 Å². The highest BCUT2D eigenvalue weighted by atomic mass is 35.5. The molecule has 2 nitrogen and oxygen atoms in total. The van der Waals surface area contributed by atoms with Crippen molar-refractivity contribution in [2.75, 3.05) is 5.88 Å². The lowest BCUT2D eigenvalue weighted by molar-refractivity contribution is 0.602. The van der Waals surface area contributed by atoms with E-state index in [4.69, 9.17) is 16.0 Å². The van der Waals surface area contributed by atoms with Crippen molar-refractivity contribution in [1.29, 1.82) is 0 Å². The lowest BCUT2D eigenvalue weighted by atomic mass is 10.2. The van der Waals surface area contributed by atoms with Crippen LogP contribution in [0.25, 0.3) is 11.1 Å². The fourth-order valence-corrected chi connectivity index (χ4v) is 1.24. The minimum atomic E-state index is 0.569. The van der Waals surface area contributed by atoms with Crippen LogP contribution < -0.4 is 0 Å². The highest BCUT2D eigenvalue weighted by molar-refractivity contribution is 6.18. The van der Waals surface area contributed by atoms with Crippen LogP contribution in [0.2, 0.25) is 0 Å². The summed E-state index contributed by atoms with van der Waals surface area (Å²) in [6, 6.07) is 5.68. The summed E-state index contributed by atoms with van der Waals surface area (Å²) in [5, 5.41) is 0. The van der Waals surface area contributed by atoms with Crippen LogP contribution in [-0.4, -0.2) is 10.9 Å². The first-order valence-electron chi connectivity index (χ1n) is 4.28. The first kappa shape index (κ1) is 9.11. The lowest BCUT2D eigenvalue weighted by Gasteiger charge is -1.88. The van der Waals surface area contributed by atoms with Crippen LogP contribution in [0.5, 0.6) is 0 Å². The third kappa shape index (κ3) is 1.89. The van der Waals surface area contributed by atoms with Gasteiger partial charge < -0.3 is 4.42 Å². The molecule has 14 heavy (non-hydrogen) atoms. The average Bonchev–Trinajstić information content (AvgIpc) is 2.65. The third-order valence-electron chi connectivity index (χ3n) is 1.78. The van der Waals surface area contributed by atoms with Crippen LogP contribution in [0, 0.1) is 11.8 Å². The second-order valence-electron chi connectivity index (χ2n) is 2.78. The minimum Gasteiger partial charge on any atom is -0.443 e. The molecule has 0 spiro atoms. The molecule has 2 rings (SSSR count). The van der Waals surface area contributed by atoms with Gasteiger partial charge in [-0.1, -0.05) is 11.8 Å². The summed E-state index contributed by atoms with van der Waals surface area (Å²) >= 11 is 5.52. The summed E-state index contributed by atoms with van der Waals surface area (Å²) in [5.74, 6) is 6.55. The topological polar surface area (TPSA) is 26.0 Å². The molecule has 0 aliphatic rings. The van der Waals surface area contributed by atoms with E-state index in [1.165, 1.54) is 6.39 Å². The number of nitrogens with zero attached hydrogens (tertiary/aromatic N) is 1. The Kier molecular flexibility index (Phi) is 2.71. The summed E-state index contributed by atoms with van der Waals surface area (Å²) in [6.45, 7) is 0. The Labute approximate surface area is 86.9 Å². The lowest BCUT2D eigenvalue weighted by Crippen LogP contribution is -1.75. The SMILES string of the molecule is ClCCC#Cc1ccc2ocnc2c1. The van der Waals surface area contributed by atoms with E-state index >= 15 is 0 Å². The highest BCUT2D eigenvalue weighted by Gasteiger charge is 1.97. The zero-order valence-electron chi connectivity index (χ0n) is 7.46. The molecular weight excluding hydrogens is 198 g/mol. The Morgan fingerprint density at radius 3 is 3.21 bits per heavy atom. The van der Waals surface area contributed by atoms with E-state index in [0.29, 0.717) is 12.3 Å². The molecule has 0 aliphatic heterocycles. The summed E-state index contributed by atoms with van der Waals surface area (Å²) < 4.78 is 5.12. The number of aromatic nitrogens is 1. The number of alkyl halides is 1. The monoisotopic (exact) mass is 205 g/mol. The van der Waals surface area contributed by atoms with E-state index in [1.807, 2.05) is 18.2 Å². The van der Waals surface area contributed by atoms with Crippen LogP contribution in [0.1, 0.15) is 12.0 Å². The molecular formula is C11H8ClNO. The normalized spacial score (nSPS) is 9.79. The largest absolute Gasteiger partial charge is 0.443 e. The molecule has 0 saturated carbocycles. The molecule has 0 radical (unpaired) electrons. The average molecular weight is 206 g/mol. The number of hydrogen-bond acceptors (Lipinski definition) is 2. The van der Waals surface area contributed by atoms with E-state index in [1.54, 1.807) is 0 Å². The predicted molar refractivity (Wildman–Crippen MR) is 56.2 cm³/mol. The van der Waals surface area contributed by atoms with Crippen molar-refractivity contribution in [2.24, 2.45) is 0 Å². The highest BCUT2D eigenvalue weighted by Crippen LogP contribution is 2.13. The third-order valence-corrected chi connectivity index (χ3v) is 1.97. The van der Waals surface area contributed by atoms with Gasteiger partial charge in [0.1, 0.15) is 5.52 Å². The molecule has 0 saturated heterocycles. The van der Waals surface area contributed by atoms with Gasteiger partial charge in [-0.3, -0.25) is 0 Å². The van der Waals surface area contributed by atoms with E-state index in [9.17, 15) is 0 Å². The van der Waals surface area contributed by atoms with Crippen LogP contribution >= 0.6 is 11.6 Å². The molecule has 2 aromatic rings. The molecule has 0 N–H and O–H groups in total.